The molecule has 20 heavy (non-hydrogen) atoms. The molecule has 0 aliphatic heterocycles. The molecule has 0 aliphatic rings. The Morgan fingerprint density at radius 2 is 2.20 bits per heavy atom. The van der Waals surface area contributed by atoms with E-state index < -0.39 is 15.7 Å². The van der Waals surface area contributed by atoms with Crippen LogP contribution in [0, 0.1) is 0 Å². The summed E-state index contributed by atoms with van der Waals surface area (Å²) in [6.07, 6.45) is 4.75. The van der Waals surface area contributed by atoms with E-state index in [1.165, 1.54) is 0 Å². The van der Waals surface area contributed by atoms with Crippen molar-refractivity contribution in [1.29, 1.82) is 0 Å². The molecule has 0 radical (unpaired) electrons. The number of hydrogen-bond donors (Lipinski definition) is 0. The summed E-state index contributed by atoms with van der Waals surface area (Å²) in [5.41, 5.74) is 1.50. The fourth-order valence-electron chi connectivity index (χ4n) is 1.48. The van der Waals surface area contributed by atoms with Crippen molar-refractivity contribution in [3.63, 3.8) is 0 Å². The van der Waals surface area contributed by atoms with Gasteiger partial charge in [0.05, 0.1) is 23.1 Å². The summed E-state index contributed by atoms with van der Waals surface area (Å²) in [6, 6.07) is 1.77. The average molecular weight is 317 g/mol. The predicted octanol–water partition coefficient (Wildman–Crippen LogP) is 3.36. The Bertz CT molecular complexity index is 498. The Labute approximate surface area is 128 Å². The number of aromatic nitrogens is 1. The first-order chi connectivity index (χ1) is 9.40. The normalized spacial score (nSPS) is 14.2. The first-order valence-corrected chi connectivity index (χ1v) is 8.08. The third-order valence-electron chi connectivity index (χ3n) is 2.58. The molecule has 1 atom stereocenters. The van der Waals surface area contributed by atoms with Gasteiger partial charge in [-0.2, -0.15) is 4.40 Å². The fraction of sp³-hybridized carbons (Fsp3) is 0.571. The van der Waals surface area contributed by atoms with Crippen molar-refractivity contribution >= 4 is 28.3 Å². The standard InChI is InChI=1S/C14H21ClN2O2S/c1-14(2,3)20(18)17-12(6-5-8-15)11-10-16-9-7-13(11)19-4/h7,9-10H,5-6,8H2,1-4H3/b17-12+/t20-/m0/s1. The summed E-state index contributed by atoms with van der Waals surface area (Å²) in [6.45, 7) is 5.69. The van der Waals surface area contributed by atoms with Crippen LogP contribution in [0.1, 0.15) is 39.2 Å². The molecule has 1 rings (SSSR count). The average Bonchev–Trinajstić information content (AvgIpc) is 2.42. The number of hydrogen-bond acceptors (Lipinski definition) is 3. The van der Waals surface area contributed by atoms with Gasteiger partial charge in [0, 0.05) is 18.3 Å². The molecule has 1 heterocycles. The van der Waals surface area contributed by atoms with Gasteiger partial charge < -0.3 is 4.74 Å². The quantitative estimate of drug-likeness (QED) is 0.597. The van der Waals surface area contributed by atoms with Crippen molar-refractivity contribution in [3.8, 4) is 5.75 Å². The number of rotatable bonds is 6. The molecule has 6 heteroatoms. The van der Waals surface area contributed by atoms with Crippen LogP contribution in [-0.2, 0) is 11.0 Å². The SMILES string of the molecule is COc1ccncc1/C(CCCCl)=N/[S@@](=O)C(C)(C)C. The minimum atomic E-state index is -1.32. The van der Waals surface area contributed by atoms with E-state index >= 15 is 0 Å². The summed E-state index contributed by atoms with van der Waals surface area (Å²) in [7, 11) is 0.276. The molecule has 0 bridgehead atoms. The molecule has 0 spiro atoms. The van der Waals surface area contributed by atoms with Crippen LogP contribution >= 0.6 is 11.6 Å². The molecule has 0 amide bonds. The lowest BCUT2D eigenvalue weighted by Crippen LogP contribution is -2.21. The third kappa shape index (κ3) is 4.87. The summed E-state index contributed by atoms with van der Waals surface area (Å²) < 4.78 is 21.5. The first-order valence-electron chi connectivity index (χ1n) is 6.44. The van der Waals surface area contributed by atoms with Crippen molar-refractivity contribution < 1.29 is 8.95 Å². The highest BCUT2D eigenvalue weighted by Crippen LogP contribution is 2.22. The number of pyridine rings is 1. The number of nitrogens with zero attached hydrogens (tertiary/aromatic N) is 2. The molecule has 1 aromatic rings. The number of ether oxygens (including phenoxy) is 1. The van der Waals surface area contributed by atoms with Gasteiger partial charge in [-0.3, -0.25) is 4.98 Å². The van der Waals surface area contributed by atoms with E-state index in [2.05, 4.69) is 9.38 Å². The van der Waals surface area contributed by atoms with E-state index in [0.717, 1.165) is 17.7 Å². The molecular formula is C14H21ClN2O2S. The second kappa shape index (κ2) is 7.74. The van der Waals surface area contributed by atoms with Crippen LogP contribution in [0.15, 0.2) is 22.9 Å². The van der Waals surface area contributed by atoms with Crippen LogP contribution < -0.4 is 4.74 Å². The van der Waals surface area contributed by atoms with Gasteiger partial charge in [-0.15, -0.1) is 11.6 Å². The number of alkyl halides is 1. The van der Waals surface area contributed by atoms with Gasteiger partial charge in [-0.05, 0) is 39.7 Å². The Morgan fingerprint density at radius 3 is 2.75 bits per heavy atom. The minimum Gasteiger partial charge on any atom is -0.496 e. The van der Waals surface area contributed by atoms with Crippen molar-refractivity contribution in [1.82, 2.24) is 4.98 Å². The zero-order valence-corrected chi connectivity index (χ0v) is 13.9. The maximum absolute atomic E-state index is 12.2. The van der Waals surface area contributed by atoms with Crippen LogP contribution in [0.5, 0.6) is 5.75 Å². The maximum atomic E-state index is 12.2. The number of methoxy groups -OCH3 is 1. The molecule has 0 unspecified atom stereocenters. The molecule has 0 saturated carbocycles. The maximum Gasteiger partial charge on any atom is 0.145 e. The van der Waals surface area contributed by atoms with Crippen molar-refractivity contribution in [2.45, 2.75) is 38.4 Å². The van der Waals surface area contributed by atoms with Crippen LogP contribution in [0.2, 0.25) is 0 Å². The second-order valence-electron chi connectivity index (χ2n) is 5.27. The van der Waals surface area contributed by atoms with E-state index in [4.69, 9.17) is 16.3 Å². The van der Waals surface area contributed by atoms with Gasteiger partial charge in [-0.1, -0.05) is 0 Å². The highest BCUT2D eigenvalue weighted by Gasteiger charge is 2.21. The van der Waals surface area contributed by atoms with Crippen LogP contribution in [0.3, 0.4) is 0 Å². The molecule has 4 nitrogen and oxygen atoms in total. The van der Waals surface area contributed by atoms with Crippen LogP contribution in [0.4, 0.5) is 0 Å². The first kappa shape index (κ1) is 17.1. The molecule has 1 aromatic heterocycles. The third-order valence-corrected chi connectivity index (χ3v) is 4.28. The highest BCUT2D eigenvalue weighted by atomic mass is 35.5. The monoisotopic (exact) mass is 316 g/mol. The molecule has 0 aliphatic carbocycles. The Hall–Kier alpha value is -0.940. The molecule has 0 saturated heterocycles. The molecule has 0 aromatic carbocycles. The van der Waals surface area contributed by atoms with Gasteiger partial charge in [-0.25, -0.2) is 4.21 Å². The molecule has 112 valence electrons. The van der Waals surface area contributed by atoms with Gasteiger partial charge in [0.25, 0.3) is 0 Å². The van der Waals surface area contributed by atoms with Gasteiger partial charge in [0.15, 0.2) is 0 Å². The summed E-state index contributed by atoms with van der Waals surface area (Å²) >= 11 is 5.76. The van der Waals surface area contributed by atoms with Gasteiger partial charge in [0.2, 0.25) is 0 Å². The van der Waals surface area contributed by atoms with E-state index in [0.29, 0.717) is 18.1 Å². The smallest absolute Gasteiger partial charge is 0.145 e. The molecule has 0 fully saturated rings. The van der Waals surface area contributed by atoms with E-state index in [1.54, 1.807) is 25.6 Å². The molecule has 0 N–H and O–H groups in total. The topological polar surface area (TPSA) is 51.6 Å². The van der Waals surface area contributed by atoms with E-state index in [-0.39, 0.29) is 0 Å². The van der Waals surface area contributed by atoms with Gasteiger partial charge in [0.1, 0.15) is 16.7 Å². The highest BCUT2D eigenvalue weighted by molar-refractivity contribution is 7.85. The van der Waals surface area contributed by atoms with Crippen molar-refractivity contribution in [2.75, 3.05) is 13.0 Å². The summed E-state index contributed by atoms with van der Waals surface area (Å²) in [5.74, 6) is 1.21. The second-order valence-corrected chi connectivity index (χ2v) is 7.55. The van der Waals surface area contributed by atoms with Crippen molar-refractivity contribution in [2.24, 2.45) is 4.40 Å². The Morgan fingerprint density at radius 1 is 1.50 bits per heavy atom. The minimum absolute atomic E-state index is 0.401. The lowest BCUT2D eigenvalue weighted by molar-refractivity contribution is 0.413. The zero-order valence-electron chi connectivity index (χ0n) is 12.4. The van der Waals surface area contributed by atoms with Crippen LogP contribution in [-0.4, -0.2) is 32.6 Å². The fourth-order valence-corrected chi connectivity index (χ4v) is 2.27. The lowest BCUT2D eigenvalue weighted by Gasteiger charge is -2.16. The van der Waals surface area contributed by atoms with E-state index in [9.17, 15) is 4.21 Å². The summed E-state index contributed by atoms with van der Waals surface area (Å²) in [4.78, 5) is 4.10. The van der Waals surface area contributed by atoms with Gasteiger partial charge >= 0.3 is 0 Å². The Balaban J connectivity index is 3.18. The lowest BCUT2D eigenvalue weighted by atomic mass is 10.1. The predicted molar refractivity (Wildman–Crippen MR) is 85.2 cm³/mol. The van der Waals surface area contributed by atoms with Crippen LogP contribution in [0.25, 0.3) is 0 Å². The van der Waals surface area contributed by atoms with Crippen molar-refractivity contribution in [3.05, 3.63) is 24.0 Å². The molecular weight excluding hydrogens is 296 g/mol. The zero-order chi connectivity index (χ0) is 15.2. The largest absolute Gasteiger partial charge is 0.496 e. The summed E-state index contributed by atoms with van der Waals surface area (Å²) in [5, 5.41) is 0. The Kier molecular flexibility index (Phi) is 6.62. The number of halogens is 1. The van der Waals surface area contributed by atoms with E-state index in [1.807, 2.05) is 20.8 Å².